The molecule has 0 spiro atoms. The normalized spacial score (nSPS) is 18.4. The Morgan fingerprint density at radius 3 is 2.06 bits per heavy atom. The van der Waals surface area contributed by atoms with E-state index in [0.717, 1.165) is 37.8 Å². The Kier molecular flexibility index (Phi) is 10.4. The molecule has 1 aliphatic rings. The van der Waals surface area contributed by atoms with Crippen LogP contribution in [0.5, 0.6) is 0 Å². The molecule has 0 heterocycles. The molecule has 3 unspecified atom stereocenters. The van der Waals surface area contributed by atoms with Crippen molar-refractivity contribution in [2.24, 2.45) is 5.92 Å². The van der Waals surface area contributed by atoms with E-state index in [-0.39, 0.29) is 12.3 Å². The van der Waals surface area contributed by atoms with Gasteiger partial charge in [-0.1, -0.05) is 61.5 Å². The summed E-state index contributed by atoms with van der Waals surface area (Å²) in [6, 6.07) is 21.2. The minimum atomic E-state index is -4.06. The van der Waals surface area contributed by atoms with Crippen LogP contribution in [0.3, 0.4) is 0 Å². The van der Waals surface area contributed by atoms with Crippen LogP contribution in [0.15, 0.2) is 54.6 Å². The highest BCUT2D eigenvalue weighted by molar-refractivity contribution is 5.30. The van der Waals surface area contributed by atoms with Gasteiger partial charge in [-0.15, -0.1) is 0 Å². The summed E-state index contributed by atoms with van der Waals surface area (Å²) in [5, 5.41) is 7.32. The van der Waals surface area contributed by atoms with Crippen LogP contribution < -0.4 is 0 Å². The first-order chi connectivity index (χ1) is 15.7. The summed E-state index contributed by atoms with van der Waals surface area (Å²) >= 11 is 0. The lowest BCUT2D eigenvalue weighted by molar-refractivity contribution is -0.148. The second kappa shape index (κ2) is 12.8. The molecule has 3 rings (SSSR count). The zero-order valence-corrected chi connectivity index (χ0v) is 20.3. The smallest absolute Gasteiger partial charge is 0.298 e. The van der Waals surface area contributed by atoms with Gasteiger partial charge in [0.15, 0.2) is 0 Å². The van der Waals surface area contributed by atoms with Crippen LogP contribution in [-0.4, -0.2) is 29.7 Å². The van der Waals surface area contributed by atoms with Gasteiger partial charge in [-0.2, -0.15) is 18.4 Å². The molecule has 2 aromatic carbocycles. The van der Waals surface area contributed by atoms with E-state index < -0.39 is 12.1 Å². The minimum absolute atomic E-state index is 0.242. The monoisotopic (exact) mass is 458 g/mol. The van der Waals surface area contributed by atoms with Crippen LogP contribution in [0.1, 0.15) is 69.6 Å². The predicted octanol–water partition coefficient (Wildman–Crippen LogP) is 7.55. The van der Waals surface area contributed by atoms with Crippen LogP contribution >= 0.6 is 0 Å². The van der Waals surface area contributed by atoms with Crippen molar-refractivity contribution in [3.8, 4) is 6.07 Å². The number of rotatable bonds is 10. The highest BCUT2D eigenvalue weighted by Gasteiger charge is 2.55. The summed E-state index contributed by atoms with van der Waals surface area (Å²) in [6.07, 6.45) is 0.355. The number of benzene rings is 2. The lowest BCUT2D eigenvalue weighted by Crippen LogP contribution is -2.41. The van der Waals surface area contributed by atoms with Crippen molar-refractivity contribution < 1.29 is 13.2 Å². The van der Waals surface area contributed by atoms with Gasteiger partial charge in [0.25, 0.3) is 0 Å². The standard InChI is InChI=1S/C26H34F3N.C2H3N/c1-4-23(30(19(2)3)17-16-20-8-6-5-7-9-20)15-12-21-10-13-22(14-11-21)24-18-25(24)26(27,28)29;1-2-3/h5-11,13-14,19,23-25H,4,12,15-18H2,1-3H3;1H3. The number of hydrogen-bond donors (Lipinski definition) is 0. The number of aryl methyl sites for hydroxylation is 1. The molecule has 0 radical (unpaired) electrons. The fourth-order valence-corrected chi connectivity index (χ4v) is 4.56. The average molecular weight is 459 g/mol. The van der Waals surface area contributed by atoms with Gasteiger partial charge >= 0.3 is 6.18 Å². The lowest BCUT2D eigenvalue weighted by atomic mass is 9.98. The third-order valence-electron chi connectivity index (χ3n) is 6.49. The van der Waals surface area contributed by atoms with E-state index in [1.54, 1.807) is 6.07 Å². The molecule has 0 bridgehead atoms. The van der Waals surface area contributed by atoms with E-state index in [1.165, 1.54) is 18.1 Å². The number of halogens is 3. The first-order valence-corrected chi connectivity index (χ1v) is 12.0. The van der Waals surface area contributed by atoms with Crippen molar-refractivity contribution in [1.29, 1.82) is 5.26 Å². The summed E-state index contributed by atoms with van der Waals surface area (Å²) < 4.78 is 38.4. The maximum absolute atomic E-state index is 12.8. The maximum atomic E-state index is 12.8. The van der Waals surface area contributed by atoms with Crippen molar-refractivity contribution in [1.82, 2.24) is 4.90 Å². The van der Waals surface area contributed by atoms with Gasteiger partial charge in [0.2, 0.25) is 0 Å². The molecular weight excluding hydrogens is 421 g/mol. The van der Waals surface area contributed by atoms with Crippen molar-refractivity contribution in [3.05, 3.63) is 71.3 Å². The molecule has 1 fully saturated rings. The molecule has 0 aliphatic heterocycles. The fraction of sp³-hybridized carbons (Fsp3) is 0.536. The number of hydrogen-bond acceptors (Lipinski definition) is 2. The third-order valence-corrected chi connectivity index (χ3v) is 6.49. The second-order valence-corrected chi connectivity index (χ2v) is 9.12. The molecule has 2 nitrogen and oxygen atoms in total. The molecule has 1 aliphatic carbocycles. The first kappa shape index (κ1) is 26.9. The molecule has 180 valence electrons. The van der Waals surface area contributed by atoms with Crippen molar-refractivity contribution in [2.45, 2.75) is 84.0 Å². The van der Waals surface area contributed by atoms with E-state index in [4.69, 9.17) is 5.26 Å². The van der Waals surface area contributed by atoms with Crippen LogP contribution in [0.25, 0.3) is 0 Å². The van der Waals surface area contributed by atoms with Crippen LogP contribution in [0, 0.1) is 17.2 Å². The SMILES string of the molecule is CC#N.CCC(CCc1ccc(C2CC2C(F)(F)F)cc1)N(CCc1ccccc1)C(C)C. The van der Waals surface area contributed by atoms with Crippen molar-refractivity contribution in [2.75, 3.05) is 6.54 Å². The average Bonchev–Trinajstić information content (AvgIpc) is 3.59. The molecule has 0 aromatic heterocycles. The molecule has 1 saturated carbocycles. The molecule has 33 heavy (non-hydrogen) atoms. The Bertz CT molecular complexity index is 853. The van der Waals surface area contributed by atoms with Gasteiger partial charge < -0.3 is 0 Å². The van der Waals surface area contributed by atoms with Gasteiger partial charge in [0.1, 0.15) is 0 Å². The highest BCUT2D eigenvalue weighted by atomic mass is 19.4. The molecule has 0 N–H and O–H groups in total. The molecule has 3 atom stereocenters. The fourth-order valence-electron chi connectivity index (χ4n) is 4.56. The Morgan fingerprint density at radius 2 is 1.58 bits per heavy atom. The number of nitriles is 1. The topological polar surface area (TPSA) is 27.0 Å². The summed E-state index contributed by atoms with van der Waals surface area (Å²) in [6.45, 7) is 9.24. The minimum Gasteiger partial charge on any atom is -0.298 e. The van der Waals surface area contributed by atoms with Gasteiger partial charge in [-0.25, -0.2) is 0 Å². The summed E-state index contributed by atoms with van der Waals surface area (Å²) in [5.41, 5.74) is 3.42. The van der Waals surface area contributed by atoms with E-state index >= 15 is 0 Å². The molecule has 2 aromatic rings. The predicted molar refractivity (Wildman–Crippen MR) is 129 cm³/mol. The van der Waals surface area contributed by atoms with E-state index in [0.29, 0.717) is 12.1 Å². The Hall–Kier alpha value is -2.32. The maximum Gasteiger partial charge on any atom is 0.392 e. The van der Waals surface area contributed by atoms with Crippen molar-refractivity contribution in [3.63, 3.8) is 0 Å². The summed E-state index contributed by atoms with van der Waals surface area (Å²) in [4.78, 5) is 2.60. The van der Waals surface area contributed by atoms with E-state index in [2.05, 4.69) is 56.0 Å². The number of nitrogens with zero attached hydrogens (tertiary/aromatic N) is 2. The Balaban J connectivity index is 0.00000122. The van der Waals surface area contributed by atoms with Gasteiger partial charge in [-0.05, 0) is 68.6 Å². The Labute approximate surface area is 197 Å². The molecule has 0 saturated heterocycles. The molecule has 0 amide bonds. The molecular formula is C28H37F3N2. The summed E-state index contributed by atoms with van der Waals surface area (Å²) in [7, 11) is 0. The largest absolute Gasteiger partial charge is 0.392 e. The summed E-state index contributed by atoms with van der Waals surface area (Å²) in [5.74, 6) is -1.48. The highest BCUT2D eigenvalue weighted by Crippen LogP contribution is 2.56. The second-order valence-electron chi connectivity index (χ2n) is 9.12. The van der Waals surface area contributed by atoms with Gasteiger partial charge in [-0.3, -0.25) is 4.90 Å². The zero-order chi connectivity index (χ0) is 24.4. The number of alkyl halides is 3. The van der Waals surface area contributed by atoms with Gasteiger partial charge in [0.05, 0.1) is 12.0 Å². The van der Waals surface area contributed by atoms with Crippen molar-refractivity contribution >= 4 is 0 Å². The van der Waals surface area contributed by atoms with E-state index in [9.17, 15) is 13.2 Å². The van der Waals surface area contributed by atoms with Gasteiger partial charge in [0, 0.05) is 25.6 Å². The van der Waals surface area contributed by atoms with Crippen LogP contribution in [-0.2, 0) is 12.8 Å². The molecule has 5 heteroatoms. The quantitative estimate of drug-likeness (QED) is 0.368. The lowest BCUT2D eigenvalue weighted by Gasteiger charge is -2.35. The third kappa shape index (κ3) is 8.51. The zero-order valence-electron chi connectivity index (χ0n) is 20.3. The van der Waals surface area contributed by atoms with E-state index in [1.807, 2.05) is 24.3 Å². The Morgan fingerprint density at radius 1 is 1.00 bits per heavy atom. The van der Waals surface area contributed by atoms with Crippen LogP contribution in [0.4, 0.5) is 13.2 Å². The van der Waals surface area contributed by atoms with Crippen LogP contribution in [0.2, 0.25) is 0 Å². The first-order valence-electron chi connectivity index (χ1n) is 12.0.